The second-order valence-corrected chi connectivity index (χ2v) is 6.23. The Balaban J connectivity index is 1.80. The molecule has 0 unspecified atom stereocenters. The molecule has 4 rings (SSSR count). The molecule has 0 atom stereocenters. The molecule has 4 nitrogen and oxygen atoms in total. The summed E-state index contributed by atoms with van der Waals surface area (Å²) in [6.45, 7) is 0. The average Bonchev–Trinajstić information content (AvgIpc) is 2.65. The number of benzene rings is 2. The molecule has 2 aromatic carbocycles. The molecule has 0 bridgehead atoms. The molecule has 5 heteroatoms. The van der Waals surface area contributed by atoms with Gasteiger partial charge in [-0.25, -0.2) is 0 Å². The van der Waals surface area contributed by atoms with Crippen LogP contribution in [-0.2, 0) is 6.42 Å². The quantitative estimate of drug-likeness (QED) is 0.592. The molecule has 0 fully saturated rings. The SMILES string of the molecule is Nc1nnc(Cc2ccncc2-c2ccc(Cl)cc2)c2ccccc12. The lowest BCUT2D eigenvalue weighted by Crippen LogP contribution is -2.02. The van der Waals surface area contributed by atoms with E-state index in [0.717, 1.165) is 33.2 Å². The smallest absolute Gasteiger partial charge is 0.153 e. The summed E-state index contributed by atoms with van der Waals surface area (Å²) in [7, 11) is 0. The summed E-state index contributed by atoms with van der Waals surface area (Å²) in [5.74, 6) is 0.451. The highest BCUT2D eigenvalue weighted by atomic mass is 35.5. The number of hydrogen-bond acceptors (Lipinski definition) is 4. The highest BCUT2D eigenvalue weighted by molar-refractivity contribution is 6.30. The first kappa shape index (κ1) is 15.5. The zero-order chi connectivity index (χ0) is 17.2. The Bertz CT molecular complexity index is 1040. The van der Waals surface area contributed by atoms with Crippen LogP contribution in [0.4, 0.5) is 5.82 Å². The maximum absolute atomic E-state index is 6.00. The summed E-state index contributed by atoms with van der Waals surface area (Å²) in [4.78, 5) is 4.27. The van der Waals surface area contributed by atoms with Gasteiger partial charge < -0.3 is 5.73 Å². The molecule has 25 heavy (non-hydrogen) atoms. The zero-order valence-corrected chi connectivity index (χ0v) is 14.1. The Morgan fingerprint density at radius 3 is 2.44 bits per heavy atom. The van der Waals surface area contributed by atoms with E-state index in [-0.39, 0.29) is 0 Å². The number of nitrogens with two attached hydrogens (primary N) is 1. The average molecular weight is 347 g/mol. The molecule has 2 N–H and O–H groups in total. The summed E-state index contributed by atoms with van der Waals surface area (Å²) in [5, 5.41) is 11.1. The number of rotatable bonds is 3. The van der Waals surface area contributed by atoms with Gasteiger partial charge >= 0.3 is 0 Å². The van der Waals surface area contributed by atoms with Crippen LogP contribution in [0, 0.1) is 0 Å². The maximum Gasteiger partial charge on any atom is 0.153 e. The van der Waals surface area contributed by atoms with Crippen molar-refractivity contribution in [1.82, 2.24) is 15.2 Å². The van der Waals surface area contributed by atoms with E-state index >= 15 is 0 Å². The largest absolute Gasteiger partial charge is 0.382 e. The second kappa shape index (κ2) is 6.49. The minimum Gasteiger partial charge on any atom is -0.382 e. The molecule has 4 aromatic rings. The highest BCUT2D eigenvalue weighted by Crippen LogP contribution is 2.28. The van der Waals surface area contributed by atoms with Gasteiger partial charge in [0.2, 0.25) is 0 Å². The number of hydrogen-bond donors (Lipinski definition) is 1. The van der Waals surface area contributed by atoms with Gasteiger partial charge in [0.25, 0.3) is 0 Å². The van der Waals surface area contributed by atoms with Gasteiger partial charge in [-0.05, 0) is 29.3 Å². The minimum absolute atomic E-state index is 0.451. The summed E-state index contributed by atoms with van der Waals surface area (Å²) < 4.78 is 0. The molecule has 0 radical (unpaired) electrons. The Kier molecular flexibility index (Phi) is 4.04. The van der Waals surface area contributed by atoms with Crippen molar-refractivity contribution in [2.75, 3.05) is 5.73 Å². The standard InChI is InChI=1S/C20H15ClN4/c21-15-7-5-13(6-8-15)18-12-23-10-9-14(18)11-19-16-3-1-2-4-17(16)20(22)25-24-19/h1-10,12H,11H2,(H2,22,25). The number of aromatic nitrogens is 3. The first-order valence-electron chi connectivity index (χ1n) is 7.91. The van der Waals surface area contributed by atoms with Crippen LogP contribution in [0.5, 0.6) is 0 Å². The Morgan fingerprint density at radius 1 is 0.880 bits per heavy atom. The van der Waals surface area contributed by atoms with Gasteiger partial charge in [-0.2, -0.15) is 5.10 Å². The van der Waals surface area contributed by atoms with Crippen molar-refractivity contribution < 1.29 is 0 Å². The number of pyridine rings is 1. The molecular weight excluding hydrogens is 332 g/mol. The molecule has 0 spiro atoms. The van der Waals surface area contributed by atoms with E-state index < -0.39 is 0 Å². The number of anilines is 1. The number of nitrogen functional groups attached to an aromatic ring is 1. The number of halogens is 1. The summed E-state index contributed by atoms with van der Waals surface area (Å²) in [6.07, 6.45) is 4.31. The van der Waals surface area contributed by atoms with Crippen LogP contribution in [0.1, 0.15) is 11.3 Å². The van der Waals surface area contributed by atoms with E-state index in [0.29, 0.717) is 17.3 Å². The lowest BCUT2D eigenvalue weighted by molar-refractivity contribution is 0.964. The van der Waals surface area contributed by atoms with Crippen molar-refractivity contribution in [3.05, 3.63) is 83.3 Å². The van der Waals surface area contributed by atoms with Crippen LogP contribution in [0.15, 0.2) is 67.0 Å². The van der Waals surface area contributed by atoms with E-state index in [9.17, 15) is 0 Å². The summed E-state index contributed by atoms with van der Waals surface area (Å²) in [5.41, 5.74) is 10.1. The van der Waals surface area contributed by atoms with Gasteiger partial charge in [-0.3, -0.25) is 4.98 Å². The molecule has 2 aromatic heterocycles. The normalized spacial score (nSPS) is 10.9. The predicted octanol–water partition coefficient (Wildman–Crippen LogP) is 4.52. The van der Waals surface area contributed by atoms with Gasteiger partial charge in [-0.15, -0.1) is 5.10 Å². The van der Waals surface area contributed by atoms with E-state index in [1.54, 1.807) is 6.20 Å². The molecule has 0 saturated heterocycles. The summed E-state index contributed by atoms with van der Waals surface area (Å²) >= 11 is 6.00. The van der Waals surface area contributed by atoms with Gasteiger partial charge in [0.15, 0.2) is 5.82 Å². The molecule has 0 aliphatic heterocycles. The van der Waals surface area contributed by atoms with Crippen LogP contribution in [0.3, 0.4) is 0 Å². The van der Waals surface area contributed by atoms with Crippen LogP contribution in [0.25, 0.3) is 21.9 Å². The fourth-order valence-electron chi connectivity index (χ4n) is 2.96. The lowest BCUT2D eigenvalue weighted by atomic mass is 9.97. The van der Waals surface area contributed by atoms with Crippen LogP contribution < -0.4 is 5.73 Å². The summed E-state index contributed by atoms with van der Waals surface area (Å²) in [6, 6.07) is 17.7. The molecule has 122 valence electrons. The maximum atomic E-state index is 6.00. The van der Waals surface area contributed by atoms with Crippen molar-refractivity contribution in [3.8, 4) is 11.1 Å². The Morgan fingerprint density at radius 2 is 1.64 bits per heavy atom. The fourth-order valence-corrected chi connectivity index (χ4v) is 3.08. The van der Waals surface area contributed by atoms with E-state index in [4.69, 9.17) is 17.3 Å². The van der Waals surface area contributed by atoms with E-state index in [1.807, 2.05) is 60.8 Å². The van der Waals surface area contributed by atoms with Gasteiger partial charge in [-0.1, -0.05) is 48.0 Å². The first-order valence-corrected chi connectivity index (χ1v) is 8.29. The van der Waals surface area contributed by atoms with Crippen LogP contribution in [-0.4, -0.2) is 15.2 Å². The molecule has 2 heterocycles. The van der Waals surface area contributed by atoms with Crippen LogP contribution in [0.2, 0.25) is 5.02 Å². The molecule has 0 amide bonds. The first-order chi connectivity index (χ1) is 12.2. The Hall–Kier alpha value is -2.98. The second-order valence-electron chi connectivity index (χ2n) is 5.79. The number of fused-ring (bicyclic) bond motifs is 1. The lowest BCUT2D eigenvalue weighted by Gasteiger charge is -2.11. The van der Waals surface area contributed by atoms with E-state index in [1.165, 1.54) is 0 Å². The third-order valence-electron chi connectivity index (χ3n) is 4.22. The number of nitrogens with zero attached hydrogens (tertiary/aromatic N) is 3. The predicted molar refractivity (Wildman–Crippen MR) is 101 cm³/mol. The molecule has 0 saturated carbocycles. The topological polar surface area (TPSA) is 64.7 Å². The third-order valence-corrected chi connectivity index (χ3v) is 4.47. The van der Waals surface area contributed by atoms with Gasteiger partial charge in [0, 0.05) is 40.2 Å². The van der Waals surface area contributed by atoms with E-state index in [2.05, 4.69) is 15.2 Å². The Labute approximate surface area is 150 Å². The highest BCUT2D eigenvalue weighted by Gasteiger charge is 2.11. The van der Waals surface area contributed by atoms with Gasteiger partial charge in [0.1, 0.15) is 0 Å². The van der Waals surface area contributed by atoms with Crippen molar-refractivity contribution in [2.45, 2.75) is 6.42 Å². The third kappa shape index (κ3) is 3.04. The monoisotopic (exact) mass is 346 g/mol. The van der Waals surface area contributed by atoms with Crippen molar-refractivity contribution >= 4 is 28.2 Å². The van der Waals surface area contributed by atoms with Crippen molar-refractivity contribution in [3.63, 3.8) is 0 Å². The molecular formula is C20H15ClN4. The zero-order valence-electron chi connectivity index (χ0n) is 13.4. The fraction of sp³-hybridized carbons (Fsp3) is 0.0500. The minimum atomic E-state index is 0.451. The molecule has 0 aliphatic carbocycles. The van der Waals surface area contributed by atoms with Crippen molar-refractivity contribution in [2.24, 2.45) is 0 Å². The van der Waals surface area contributed by atoms with Crippen molar-refractivity contribution in [1.29, 1.82) is 0 Å². The molecule has 0 aliphatic rings. The van der Waals surface area contributed by atoms with Crippen LogP contribution >= 0.6 is 11.6 Å². The van der Waals surface area contributed by atoms with Gasteiger partial charge in [0.05, 0.1) is 5.69 Å².